The number of rotatable bonds is 7. The van der Waals surface area contributed by atoms with Crippen molar-refractivity contribution in [1.82, 2.24) is 10.2 Å². The van der Waals surface area contributed by atoms with Crippen LogP contribution in [0, 0.1) is 11.3 Å². The molecule has 0 amide bonds. The standard InChI is InChI=1S/C15H30N2O/c1-15(2,13-5-4-8-16-11-13)12-17(9-10-18-3)14-6-7-14/h13-14,16H,4-12H2,1-3H3. The van der Waals surface area contributed by atoms with E-state index < -0.39 is 0 Å². The van der Waals surface area contributed by atoms with Crippen molar-refractivity contribution in [3.05, 3.63) is 0 Å². The molecule has 18 heavy (non-hydrogen) atoms. The van der Waals surface area contributed by atoms with E-state index in [0.29, 0.717) is 5.41 Å². The number of hydrogen-bond donors (Lipinski definition) is 1. The van der Waals surface area contributed by atoms with E-state index in [1.807, 2.05) is 0 Å². The molecule has 1 heterocycles. The number of nitrogens with zero attached hydrogens (tertiary/aromatic N) is 1. The van der Waals surface area contributed by atoms with Gasteiger partial charge in [-0.3, -0.25) is 4.90 Å². The molecule has 0 aromatic carbocycles. The van der Waals surface area contributed by atoms with Gasteiger partial charge in [-0.25, -0.2) is 0 Å². The minimum Gasteiger partial charge on any atom is -0.383 e. The maximum atomic E-state index is 5.26. The van der Waals surface area contributed by atoms with E-state index in [-0.39, 0.29) is 0 Å². The Balaban J connectivity index is 1.86. The Morgan fingerprint density at radius 1 is 1.28 bits per heavy atom. The predicted octanol–water partition coefficient (Wildman–Crippen LogP) is 2.12. The molecular weight excluding hydrogens is 224 g/mol. The molecule has 1 saturated heterocycles. The van der Waals surface area contributed by atoms with Crippen molar-refractivity contribution in [3.63, 3.8) is 0 Å². The summed E-state index contributed by atoms with van der Waals surface area (Å²) in [5, 5.41) is 3.56. The molecular formula is C15H30N2O. The Labute approximate surface area is 112 Å². The zero-order valence-electron chi connectivity index (χ0n) is 12.4. The van der Waals surface area contributed by atoms with E-state index in [1.165, 1.54) is 45.3 Å². The molecule has 3 nitrogen and oxygen atoms in total. The first-order valence-electron chi connectivity index (χ1n) is 7.57. The summed E-state index contributed by atoms with van der Waals surface area (Å²) in [6.45, 7) is 10.5. The van der Waals surface area contributed by atoms with Crippen molar-refractivity contribution < 1.29 is 4.74 Å². The fourth-order valence-corrected chi connectivity index (χ4v) is 3.21. The Kier molecular flexibility index (Phi) is 5.05. The van der Waals surface area contributed by atoms with Gasteiger partial charge in [0.25, 0.3) is 0 Å². The molecule has 1 aliphatic heterocycles. The summed E-state index contributed by atoms with van der Waals surface area (Å²) in [5.41, 5.74) is 0.420. The van der Waals surface area contributed by atoms with Crippen LogP contribution in [0.4, 0.5) is 0 Å². The van der Waals surface area contributed by atoms with Crippen LogP contribution < -0.4 is 5.32 Å². The van der Waals surface area contributed by atoms with Gasteiger partial charge in [-0.1, -0.05) is 13.8 Å². The van der Waals surface area contributed by atoms with Gasteiger partial charge in [0.2, 0.25) is 0 Å². The molecule has 0 aromatic heterocycles. The lowest BCUT2D eigenvalue weighted by atomic mass is 9.74. The maximum absolute atomic E-state index is 5.26. The molecule has 1 atom stereocenters. The van der Waals surface area contributed by atoms with Gasteiger partial charge in [-0.05, 0) is 50.1 Å². The fraction of sp³-hybridized carbons (Fsp3) is 1.00. The van der Waals surface area contributed by atoms with Gasteiger partial charge in [0.15, 0.2) is 0 Å². The predicted molar refractivity (Wildman–Crippen MR) is 75.8 cm³/mol. The van der Waals surface area contributed by atoms with Gasteiger partial charge < -0.3 is 10.1 Å². The zero-order valence-corrected chi connectivity index (χ0v) is 12.4. The molecule has 0 radical (unpaired) electrons. The average molecular weight is 254 g/mol. The lowest BCUT2D eigenvalue weighted by Crippen LogP contribution is -2.46. The average Bonchev–Trinajstić information content (AvgIpc) is 3.20. The van der Waals surface area contributed by atoms with Gasteiger partial charge in [0.05, 0.1) is 6.61 Å². The highest BCUT2D eigenvalue weighted by molar-refractivity contribution is 4.91. The van der Waals surface area contributed by atoms with Crippen LogP contribution in [0.25, 0.3) is 0 Å². The van der Waals surface area contributed by atoms with Gasteiger partial charge in [-0.15, -0.1) is 0 Å². The van der Waals surface area contributed by atoms with Crippen molar-refractivity contribution in [1.29, 1.82) is 0 Å². The number of nitrogens with one attached hydrogen (secondary N) is 1. The molecule has 0 aromatic rings. The van der Waals surface area contributed by atoms with E-state index in [2.05, 4.69) is 24.1 Å². The van der Waals surface area contributed by atoms with Crippen molar-refractivity contribution in [2.75, 3.05) is 39.9 Å². The lowest BCUT2D eigenvalue weighted by molar-refractivity contribution is 0.0738. The van der Waals surface area contributed by atoms with Gasteiger partial charge in [0, 0.05) is 26.2 Å². The zero-order chi connectivity index (χ0) is 13.0. The van der Waals surface area contributed by atoms with Crippen LogP contribution in [0.5, 0.6) is 0 Å². The summed E-state index contributed by atoms with van der Waals surface area (Å²) in [5.74, 6) is 0.829. The van der Waals surface area contributed by atoms with Crippen molar-refractivity contribution in [2.24, 2.45) is 11.3 Å². The second kappa shape index (κ2) is 6.36. The molecule has 1 unspecified atom stereocenters. The summed E-state index contributed by atoms with van der Waals surface area (Å²) < 4.78 is 5.26. The SMILES string of the molecule is COCCN(CC(C)(C)C1CCCNC1)C1CC1. The van der Waals surface area contributed by atoms with Crippen LogP contribution in [-0.2, 0) is 4.74 Å². The molecule has 1 N–H and O–H groups in total. The second-order valence-corrected chi connectivity index (χ2v) is 6.73. The molecule has 1 saturated carbocycles. The maximum Gasteiger partial charge on any atom is 0.0589 e. The first-order valence-corrected chi connectivity index (χ1v) is 7.57. The fourth-order valence-electron chi connectivity index (χ4n) is 3.21. The third-order valence-corrected chi connectivity index (χ3v) is 4.66. The van der Waals surface area contributed by atoms with Crippen molar-refractivity contribution in [3.8, 4) is 0 Å². The number of methoxy groups -OCH3 is 1. The van der Waals surface area contributed by atoms with Crippen LogP contribution >= 0.6 is 0 Å². The molecule has 0 spiro atoms. The van der Waals surface area contributed by atoms with E-state index in [4.69, 9.17) is 4.74 Å². The first kappa shape index (κ1) is 14.3. The van der Waals surface area contributed by atoms with E-state index in [0.717, 1.165) is 25.1 Å². The van der Waals surface area contributed by atoms with Crippen LogP contribution in [0.3, 0.4) is 0 Å². The Morgan fingerprint density at radius 2 is 2.06 bits per heavy atom. The minimum atomic E-state index is 0.420. The number of ether oxygens (including phenoxy) is 1. The normalized spacial score (nSPS) is 25.7. The Bertz CT molecular complexity index is 245. The minimum absolute atomic E-state index is 0.420. The smallest absolute Gasteiger partial charge is 0.0589 e. The molecule has 106 valence electrons. The Hall–Kier alpha value is -0.120. The monoisotopic (exact) mass is 254 g/mol. The van der Waals surface area contributed by atoms with Crippen molar-refractivity contribution in [2.45, 2.75) is 45.6 Å². The van der Waals surface area contributed by atoms with Gasteiger partial charge in [-0.2, -0.15) is 0 Å². The molecule has 3 heteroatoms. The largest absolute Gasteiger partial charge is 0.383 e. The second-order valence-electron chi connectivity index (χ2n) is 6.73. The van der Waals surface area contributed by atoms with E-state index >= 15 is 0 Å². The van der Waals surface area contributed by atoms with Crippen LogP contribution in [-0.4, -0.2) is 50.8 Å². The van der Waals surface area contributed by atoms with E-state index in [9.17, 15) is 0 Å². The highest BCUT2D eigenvalue weighted by Gasteiger charge is 2.36. The molecule has 0 bridgehead atoms. The highest BCUT2D eigenvalue weighted by atomic mass is 16.5. The van der Waals surface area contributed by atoms with Crippen LogP contribution in [0.2, 0.25) is 0 Å². The van der Waals surface area contributed by atoms with Crippen LogP contribution in [0.1, 0.15) is 39.5 Å². The summed E-state index contributed by atoms with van der Waals surface area (Å²) >= 11 is 0. The van der Waals surface area contributed by atoms with E-state index in [1.54, 1.807) is 7.11 Å². The quantitative estimate of drug-likeness (QED) is 0.753. The summed E-state index contributed by atoms with van der Waals surface area (Å²) in [6.07, 6.45) is 5.52. The highest BCUT2D eigenvalue weighted by Crippen LogP contribution is 2.36. The van der Waals surface area contributed by atoms with Gasteiger partial charge >= 0.3 is 0 Å². The third kappa shape index (κ3) is 3.94. The summed E-state index contributed by atoms with van der Waals surface area (Å²) in [6, 6.07) is 0.843. The van der Waals surface area contributed by atoms with Crippen LogP contribution in [0.15, 0.2) is 0 Å². The summed E-state index contributed by atoms with van der Waals surface area (Å²) in [7, 11) is 1.81. The number of hydrogen-bond acceptors (Lipinski definition) is 3. The molecule has 2 rings (SSSR count). The van der Waals surface area contributed by atoms with Gasteiger partial charge in [0.1, 0.15) is 0 Å². The topological polar surface area (TPSA) is 24.5 Å². The van der Waals surface area contributed by atoms with Crippen molar-refractivity contribution >= 4 is 0 Å². The first-order chi connectivity index (χ1) is 8.63. The molecule has 2 fully saturated rings. The Morgan fingerprint density at radius 3 is 2.61 bits per heavy atom. The molecule has 1 aliphatic carbocycles. The lowest BCUT2D eigenvalue weighted by Gasteiger charge is -2.41. The molecule has 2 aliphatic rings. The summed E-state index contributed by atoms with van der Waals surface area (Å²) in [4.78, 5) is 2.66. The third-order valence-electron chi connectivity index (χ3n) is 4.66. The number of piperidine rings is 1.